The number of para-hydroxylation sites is 1. The highest BCUT2D eigenvalue weighted by Gasteiger charge is 2.17. The second-order valence-corrected chi connectivity index (χ2v) is 9.21. The first-order valence-corrected chi connectivity index (χ1v) is 12.4. The van der Waals surface area contributed by atoms with Crippen molar-refractivity contribution < 1.29 is 9.59 Å². The predicted molar refractivity (Wildman–Crippen MR) is 155 cm³/mol. The molecule has 1 heterocycles. The van der Waals surface area contributed by atoms with Crippen molar-refractivity contribution in [2.45, 2.75) is 6.92 Å². The molecule has 0 aliphatic rings. The van der Waals surface area contributed by atoms with Crippen LogP contribution in [0.1, 0.15) is 27.2 Å². The van der Waals surface area contributed by atoms with E-state index >= 15 is 0 Å². The van der Waals surface area contributed by atoms with Gasteiger partial charge in [-0.2, -0.15) is 5.10 Å². The van der Waals surface area contributed by atoms with E-state index in [1.54, 1.807) is 43.3 Å². The molecule has 0 atom stereocenters. The molecular weight excluding hydrogens is 516 g/mol. The van der Waals surface area contributed by atoms with E-state index in [0.717, 1.165) is 5.69 Å². The van der Waals surface area contributed by atoms with Gasteiger partial charge in [0.1, 0.15) is 5.70 Å². The number of H-pyrrole nitrogens is 1. The van der Waals surface area contributed by atoms with Crippen LogP contribution in [-0.4, -0.2) is 41.9 Å². The molecule has 0 spiro atoms. The highest BCUT2D eigenvalue weighted by atomic mass is 35.5. The smallest absolute Gasteiger partial charge is 0.287 e. The zero-order valence-electron chi connectivity index (χ0n) is 21.6. The second-order valence-electron chi connectivity index (χ2n) is 8.80. The number of hydrogen-bond donors (Lipinski definition) is 3. The molecule has 0 radical (unpaired) electrons. The van der Waals surface area contributed by atoms with Crippen molar-refractivity contribution >= 4 is 41.4 Å². The number of amides is 2. The number of carbonyl (C=O) groups excluding carboxylic acids is 2. The molecule has 1 aromatic heterocycles. The van der Waals surface area contributed by atoms with E-state index in [2.05, 4.69) is 20.9 Å². The first-order valence-electron chi connectivity index (χ1n) is 12.0. The van der Waals surface area contributed by atoms with Crippen molar-refractivity contribution in [3.63, 3.8) is 0 Å². The number of nitrogens with zero attached hydrogens (tertiary/aromatic N) is 3. The average molecular weight is 543 g/mol. The first kappa shape index (κ1) is 27.2. The summed E-state index contributed by atoms with van der Waals surface area (Å²) in [5.74, 6) is -1.23. The molecule has 9 nitrogen and oxygen atoms in total. The number of hydrazone groups is 1. The summed E-state index contributed by atoms with van der Waals surface area (Å²) in [6, 6.07) is 23.1. The molecule has 198 valence electrons. The van der Waals surface area contributed by atoms with Crippen molar-refractivity contribution in [2.75, 3.05) is 19.0 Å². The Morgan fingerprint density at radius 2 is 1.64 bits per heavy atom. The van der Waals surface area contributed by atoms with E-state index < -0.39 is 11.8 Å². The Kier molecular flexibility index (Phi) is 8.43. The zero-order valence-corrected chi connectivity index (χ0v) is 22.4. The number of rotatable bonds is 8. The largest absolute Gasteiger partial charge is 0.378 e. The molecule has 0 fully saturated rings. The van der Waals surface area contributed by atoms with E-state index in [1.807, 2.05) is 61.5 Å². The molecular formula is C29H27ClN6O3. The predicted octanol–water partition coefficient (Wildman–Crippen LogP) is 4.11. The maximum atomic E-state index is 13.1. The van der Waals surface area contributed by atoms with Crippen molar-refractivity contribution in [1.82, 2.24) is 20.5 Å². The Morgan fingerprint density at radius 1 is 0.974 bits per heavy atom. The number of nitrogens with one attached hydrogen (secondary N) is 3. The van der Waals surface area contributed by atoms with Crippen LogP contribution in [0.3, 0.4) is 0 Å². The van der Waals surface area contributed by atoms with E-state index in [0.29, 0.717) is 16.9 Å². The Bertz CT molecular complexity index is 1600. The van der Waals surface area contributed by atoms with Gasteiger partial charge in [-0.1, -0.05) is 54.1 Å². The van der Waals surface area contributed by atoms with E-state index in [4.69, 9.17) is 11.6 Å². The Labute approximate surface area is 230 Å². The molecule has 2 amide bonds. The molecule has 4 aromatic rings. The van der Waals surface area contributed by atoms with Gasteiger partial charge in [-0.15, -0.1) is 0 Å². The molecule has 0 bridgehead atoms. The van der Waals surface area contributed by atoms with Crippen molar-refractivity contribution in [3.05, 3.63) is 122 Å². The third kappa shape index (κ3) is 6.52. The van der Waals surface area contributed by atoms with Gasteiger partial charge in [-0.3, -0.25) is 19.5 Å². The molecule has 10 heteroatoms. The highest BCUT2D eigenvalue weighted by Crippen LogP contribution is 2.17. The van der Waals surface area contributed by atoms with Crippen molar-refractivity contribution in [1.29, 1.82) is 0 Å². The molecule has 39 heavy (non-hydrogen) atoms. The standard InChI is InChI=1S/C29H27ClN6O3/c1-19-24(29(39)36(34-19)22-9-5-4-6-10-22)18-31-33-28(38)26(17-20-13-15-21(16-14-20)35(2)3)32-27(37)23-11-7-8-12-25(23)30/h4-18,34H,1-3H3,(H,32,37)(H,33,38)/b26-17-,31-18+. The van der Waals surface area contributed by atoms with Gasteiger partial charge in [0.15, 0.2) is 0 Å². The SMILES string of the molecule is Cc1[nH]n(-c2ccccc2)c(=O)c1/C=N/NC(=O)/C(=C/c1ccc(N(C)C)cc1)NC(=O)c1ccccc1Cl. The van der Waals surface area contributed by atoms with Crippen LogP contribution in [-0.2, 0) is 4.79 Å². The Hall–Kier alpha value is -4.89. The molecule has 0 aliphatic heterocycles. The number of aromatic nitrogens is 2. The third-order valence-electron chi connectivity index (χ3n) is 5.82. The van der Waals surface area contributed by atoms with Crippen LogP contribution < -0.4 is 21.2 Å². The summed E-state index contributed by atoms with van der Waals surface area (Å²) in [5.41, 5.74) is 5.43. The molecule has 0 saturated heterocycles. The second kappa shape index (κ2) is 12.1. The van der Waals surface area contributed by atoms with E-state index in [1.165, 1.54) is 17.0 Å². The normalized spacial score (nSPS) is 11.4. The Morgan fingerprint density at radius 3 is 2.31 bits per heavy atom. The first-order chi connectivity index (χ1) is 18.7. The fraction of sp³-hybridized carbons (Fsp3) is 0.103. The van der Waals surface area contributed by atoms with Gasteiger partial charge < -0.3 is 10.2 Å². The van der Waals surface area contributed by atoms with Crippen molar-refractivity contribution in [2.24, 2.45) is 5.10 Å². The van der Waals surface area contributed by atoms with E-state index in [9.17, 15) is 14.4 Å². The lowest BCUT2D eigenvalue weighted by atomic mass is 10.1. The topological polar surface area (TPSA) is 112 Å². The van der Waals surface area contributed by atoms with Gasteiger partial charge in [0.2, 0.25) is 0 Å². The molecule has 0 saturated carbocycles. The van der Waals surface area contributed by atoms with Crippen LogP contribution >= 0.6 is 11.6 Å². The van der Waals surface area contributed by atoms with E-state index in [-0.39, 0.29) is 27.4 Å². The minimum atomic E-state index is -0.681. The van der Waals surface area contributed by atoms with Crippen molar-refractivity contribution in [3.8, 4) is 5.69 Å². The lowest BCUT2D eigenvalue weighted by molar-refractivity contribution is -0.117. The monoisotopic (exact) mass is 542 g/mol. The molecule has 4 rings (SSSR count). The number of carbonyl (C=O) groups is 2. The number of anilines is 1. The minimum Gasteiger partial charge on any atom is -0.378 e. The molecule has 3 N–H and O–H groups in total. The van der Waals surface area contributed by atoms with Gasteiger partial charge in [0.25, 0.3) is 17.4 Å². The molecule has 0 unspecified atom stereocenters. The lowest BCUT2D eigenvalue weighted by Gasteiger charge is -2.13. The van der Waals surface area contributed by atoms with Crippen LogP contribution in [0.15, 0.2) is 94.5 Å². The highest BCUT2D eigenvalue weighted by molar-refractivity contribution is 6.34. The fourth-order valence-electron chi connectivity index (χ4n) is 3.71. The summed E-state index contributed by atoms with van der Waals surface area (Å²) < 4.78 is 1.39. The van der Waals surface area contributed by atoms with Gasteiger partial charge in [0, 0.05) is 25.5 Å². The zero-order chi connectivity index (χ0) is 27.9. The van der Waals surface area contributed by atoms with Crippen LogP contribution in [0, 0.1) is 6.92 Å². The lowest BCUT2D eigenvalue weighted by Crippen LogP contribution is -2.33. The number of halogens is 1. The average Bonchev–Trinajstić information content (AvgIpc) is 3.22. The molecule has 0 aliphatic carbocycles. The van der Waals surface area contributed by atoms with Crippen LogP contribution in [0.4, 0.5) is 5.69 Å². The van der Waals surface area contributed by atoms with Gasteiger partial charge in [-0.05, 0) is 55.0 Å². The van der Waals surface area contributed by atoms with Gasteiger partial charge in [-0.25, -0.2) is 10.1 Å². The Balaban J connectivity index is 1.58. The fourth-order valence-corrected chi connectivity index (χ4v) is 3.94. The van der Waals surface area contributed by atoms with Crippen LogP contribution in [0.5, 0.6) is 0 Å². The summed E-state index contributed by atoms with van der Waals surface area (Å²) in [7, 11) is 3.85. The summed E-state index contributed by atoms with van der Waals surface area (Å²) in [6.07, 6.45) is 2.80. The summed E-state index contributed by atoms with van der Waals surface area (Å²) in [4.78, 5) is 40.9. The third-order valence-corrected chi connectivity index (χ3v) is 6.15. The minimum absolute atomic E-state index is 0.0536. The summed E-state index contributed by atoms with van der Waals surface area (Å²) in [5, 5.41) is 9.86. The van der Waals surface area contributed by atoms with Crippen LogP contribution in [0.2, 0.25) is 5.02 Å². The number of aromatic amines is 1. The summed E-state index contributed by atoms with van der Waals surface area (Å²) >= 11 is 6.17. The van der Waals surface area contributed by atoms with Gasteiger partial charge >= 0.3 is 0 Å². The number of benzene rings is 3. The maximum absolute atomic E-state index is 13.1. The summed E-state index contributed by atoms with van der Waals surface area (Å²) in [6.45, 7) is 1.73. The maximum Gasteiger partial charge on any atom is 0.287 e. The quantitative estimate of drug-likeness (QED) is 0.177. The molecule has 3 aromatic carbocycles. The number of hydrogen-bond acceptors (Lipinski definition) is 5. The number of aryl methyl sites for hydroxylation is 1. The van der Waals surface area contributed by atoms with Crippen LogP contribution in [0.25, 0.3) is 11.8 Å². The van der Waals surface area contributed by atoms with Gasteiger partial charge in [0.05, 0.1) is 28.1 Å².